The average Bonchev–Trinajstić information content (AvgIpc) is 3.25. The molecule has 2 aromatic heterocycles. The molecule has 3 heterocycles. The average molecular weight is 363 g/mol. The number of hydrogen-bond donors (Lipinski definition) is 1. The van der Waals surface area contributed by atoms with Crippen LogP contribution in [0, 0.1) is 5.82 Å². The Kier molecular flexibility index (Phi) is 4.65. The molecule has 0 spiro atoms. The van der Waals surface area contributed by atoms with Crippen molar-refractivity contribution in [3.8, 4) is 5.88 Å². The van der Waals surface area contributed by atoms with Crippen molar-refractivity contribution in [2.45, 2.75) is 6.42 Å². The number of hydrogen-bond acceptors (Lipinski definition) is 5. The molecule has 6 nitrogen and oxygen atoms in total. The van der Waals surface area contributed by atoms with Gasteiger partial charge in [-0.2, -0.15) is 5.10 Å². The van der Waals surface area contributed by atoms with Crippen LogP contribution in [0.2, 0.25) is 0 Å². The van der Waals surface area contributed by atoms with Crippen LogP contribution < -0.4 is 9.64 Å². The van der Waals surface area contributed by atoms with E-state index in [1.54, 1.807) is 31.6 Å². The molecule has 0 fully saturated rings. The molecule has 3 aromatic rings. The zero-order valence-corrected chi connectivity index (χ0v) is 14.8. The lowest BCUT2D eigenvalue weighted by Crippen LogP contribution is -2.36. The Morgan fingerprint density at radius 3 is 2.78 bits per heavy atom. The van der Waals surface area contributed by atoms with Gasteiger partial charge in [-0.05, 0) is 28.8 Å². The number of rotatable bonds is 5. The predicted octanol–water partition coefficient (Wildman–Crippen LogP) is 3.45. The molecule has 0 aliphatic carbocycles. The third-order valence-corrected chi connectivity index (χ3v) is 4.41. The molecule has 7 heteroatoms. The second-order valence-electron chi connectivity index (χ2n) is 6.09. The first kappa shape index (κ1) is 17.0. The van der Waals surface area contributed by atoms with Crippen molar-refractivity contribution >= 4 is 17.2 Å². The molecule has 1 aliphatic rings. The van der Waals surface area contributed by atoms with E-state index in [1.165, 1.54) is 6.07 Å². The first-order chi connectivity index (χ1) is 13.2. The number of aliphatic imine (C=N–C) groups is 1. The van der Waals surface area contributed by atoms with E-state index < -0.39 is 0 Å². The van der Waals surface area contributed by atoms with E-state index in [1.807, 2.05) is 35.4 Å². The minimum absolute atomic E-state index is 0.237. The van der Waals surface area contributed by atoms with Crippen LogP contribution in [0.4, 0.5) is 10.2 Å². The van der Waals surface area contributed by atoms with E-state index in [2.05, 4.69) is 20.2 Å². The minimum atomic E-state index is -0.237. The maximum atomic E-state index is 14.1. The van der Waals surface area contributed by atoms with Crippen LogP contribution in [0.3, 0.4) is 0 Å². The number of H-pyrrole nitrogens is 1. The van der Waals surface area contributed by atoms with Crippen molar-refractivity contribution in [3.05, 3.63) is 78.0 Å². The zero-order chi connectivity index (χ0) is 18.6. The van der Waals surface area contributed by atoms with Gasteiger partial charge in [-0.15, -0.1) is 0 Å². The van der Waals surface area contributed by atoms with Crippen LogP contribution in [0.5, 0.6) is 5.88 Å². The van der Waals surface area contributed by atoms with E-state index in [4.69, 9.17) is 4.74 Å². The summed E-state index contributed by atoms with van der Waals surface area (Å²) in [5, 5.41) is 7.00. The topological polar surface area (TPSA) is 66.4 Å². The summed E-state index contributed by atoms with van der Waals surface area (Å²) in [6, 6.07) is 12.4. The third-order valence-electron chi connectivity index (χ3n) is 4.41. The van der Waals surface area contributed by atoms with Crippen molar-refractivity contribution in [3.63, 3.8) is 0 Å². The van der Waals surface area contributed by atoms with Gasteiger partial charge in [0.25, 0.3) is 0 Å². The summed E-state index contributed by atoms with van der Waals surface area (Å²) >= 11 is 0. The molecule has 1 N–H and O–H groups in total. The van der Waals surface area contributed by atoms with Crippen LogP contribution in [-0.4, -0.2) is 34.7 Å². The monoisotopic (exact) mass is 363 g/mol. The molecule has 136 valence electrons. The van der Waals surface area contributed by atoms with Crippen LogP contribution in [0.15, 0.2) is 66.1 Å². The largest absolute Gasteiger partial charge is 0.481 e. The molecule has 0 unspecified atom stereocenters. The summed E-state index contributed by atoms with van der Waals surface area (Å²) in [6.07, 6.45) is 5.64. The van der Waals surface area contributed by atoms with E-state index in [0.717, 1.165) is 22.8 Å². The van der Waals surface area contributed by atoms with Crippen LogP contribution in [-0.2, 0) is 6.42 Å². The lowest BCUT2D eigenvalue weighted by Gasteiger charge is -2.28. The van der Waals surface area contributed by atoms with Crippen molar-refractivity contribution in [1.29, 1.82) is 0 Å². The number of anilines is 1. The number of halogens is 1. The highest BCUT2D eigenvalue weighted by Gasteiger charge is 2.22. The van der Waals surface area contributed by atoms with Gasteiger partial charge < -0.3 is 9.64 Å². The maximum Gasteiger partial charge on any atom is 0.212 e. The Morgan fingerprint density at radius 2 is 2.07 bits per heavy atom. The fourth-order valence-corrected chi connectivity index (χ4v) is 2.96. The summed E-state index contributed by atoms with van der Waals surface area (Å²) in [4.78, 5) is 10.9. The van der Waals surface area contributed by atoms with E-state index >= 15 is 0 Å². The summed E-state index contributed by atoms with van der Waals surface area (Å²) in [5.41, 5.74) is 2.55. The molecular weight excluding hydrogens is 345 g/mol. The minimum Gasteiger partial charge on any atom is -0.481 e. The van der Waals surface area contributed by atoms with Crippen molar-refractivity contribution in [2.75, 3.05) is 18.6 Å². The van der Waals surface area contributed by atoms with Gasteiger partial charge in [0.15, 0.2) is 0 Å². The van der Waals surface area contributed by atoms with Crippen LogP contribution in [0.25, 0.3) is 5.57 Å². The Balaban J connectivity index is 1.67. The molecule has 0 saturated carbocycles. The standard InChI is InChI=1S/C20H18FN5O/c1-27-20-7-6-15(11-23-20)16-12-22-19(10-14-4-2-3-5-17(14)21)26(13-16)18-8-9-24-25-18/h2-9,11-12H,10,13H2,1H3,(H,24,25). The summed E-state index contributed by atoms with van der Waals surface area (Å²) in [5.74, 6) is 1.87. The summed E-state index contributed by atoms with van der Waals surface area (Å²) in [7, 11) is 1.58. The summed E-state index contributed by atoms with van der Waals surface area (Å²) in [6.45, 7) is 0.573. The molecular formula is C20H18FN5O. The van der Waals surface area contributed by atoms with Gasteiger partial charge in [-0.25, -0.2) is 14.4 Å². The van der Waals surface area contributed by atoms with Crippen LogP contribution >= 0.6 is 0 Å². The lowest BCUT2D eigenvalue weighted by atomic mass is 10.1. The highest BCUT2D eigenvalue weighted by molar-refractivity contribution is 6.02. The quantitative estimate of drug-likeness (QED) is 0.754. The second-order valence-corrected chi connectivity index (χ2v) is 6.09. The van der Waals surface area contributed by atoms with E-state index in [0.29, 0.717) is 24.4 Å². The van der Waals surface area contributed by atoms with Gasteiger partial charge in [0, 0.05) is 31.0 Å². The van der Waals surface area contributed by atoms with Gasteiger partial charge in [0.1, 0.15) is 17.5 Å². The number of ether oxygens (including phenoxy) is 1. The normalized spacial score (nSPS) is 13.9. The van der Waals surface area contributed by atoms with Crippen molar-refractivity contribution < 1.29 is 9.13 Å². The van der Waals surface area contributed by atoms with Gasteiger partial charge in [-0.3, -0.25) is 5.10 Å². The molecule has 0 radical (unpaired) electrons. The lowest BCUT2D eigenvalue weighted by molar-refractivity contribution is 0.398. The highest BCUT2D eigenvalue weighted by atomic mass is 19.1. The Bertz CT molecular complexity index is 980. The Labute approximate surface area is 156 Å². The number of methoxy groups -OCH3 is 1. The van der Waals surface area contributed by atoms with Gasteiger partial charge in [0.05, 0.1) is 19.9 Å². The molecule has 4 rings (SSSR count). The van der Waals surface area contributed by atoms with Crippen molar-refractivity contribution in [2.24, 2.45) is 4.99 Å². The SMILES string of the molecule is COc1ccc(C2=CN=C(Cc3ccccc3F)N(c3ccn[nH]3)C2)cn1. The van der Waals surface area contributed by atoms with Gasteiger partial charge >= 0.3 is 0 Å². The number of aromatic amines is 1. The Morgan fingerprint density at radius 1 is 1.19 bits per heavy atom. The van der Waals surface area contributed by atoms with E-state index in [9.17, 15) is 4.39 Å². The number of pyridine rings is 1. The third kappa shape index (κ3) is 3.57. The zero-order valence-electron chi connectivity index (χ0n) is 14.8. The van der Waals surface area contributed by atoms with Crippen LogP contribution in [0.1, 0.15) is 11.1 Å². The second kappa shape index (κ2) is 7.41. The predicted molar refractivity (Wildman–Crippen MR) is 102 cm³/mol. The van der Waals surface area contributed by atoms with E-state index in [-0.39, 0.29) is 5.82 Å². The molecule has 1 aromatic carbocycles. The molecule has 1 aliphatic heterocycles. The Hall–Kier alpha value is -3.48. The fraction of sp³-hybridized carbons (Fsp3) is 0.150. The summed E-state index contributed by atoms with van der Waals surface area (Å²) < 4.78 is 19.2. The molecule has 0 saturated heterocycles. The molecule has 0 atom stereocenters. The molecule has 0 bridgehead atoms. The molecule has 0 amide bonds. The van der Waals surface area contributed by atoms with Gasteiger partial charge in [-0.1, -0.05) is 18.2 Å². The highest BCUT2D eigenvalue weighted by Crippen LogP contribution is 2.25. The maximum absolute atomic E-state index is 14.1. The van der Waals surface area contributed by atoms with Gasteiger partial charge in [0.2, 0.25) is 5.88 Å². The van der Waals surface area contributed by atoms with Crippen molar-refractivity contribution in [1.82, 2.24) is 15.2 Å². The number of nitrogens with zero attached hydrogens (tertiary/aromatic N) is 4. The first-order valence-corrected chi connectivity index (χ1v) is 8.51. The number of benzene rings is 1. The molecule has 27 heavy (non-hydrogen) atoms. The number of nitrogens with one attached hydrogen (secondary N) is 1. The fourth-order valence-electron chi connectivity index (χ4n) is 2.96. The number of amidine groups is 1. The number of aromatic nitrogens is 3. The smallest absolute Gasteiger partial charge is 0.212 e. The first-order valence-electron chi connectivity index (χ1n) is 8.51.